The van der Waals surface area contributed by atoms with E-state index < -0.39 is 0 Å². The zero-order valence-electron chi connectivity index (χ0n) is 20.0. The first-order valence-electron chi connectivity index (χ1n) is 12.1. The summed E-state index contributed by atoms with van der Waals surface area (Å²) in [5.41, 5.74) is 8.88. The standard InChI is InChI=1S/C32H31NO/c1-21-14-17-26(18-15-21)29-28-20-22(2)16-19-27(28)32(33-23(3)34)31(25-12-8-5-9-13-25)30(29)24-10-6-4-7-11-24/h4-20,29-32H,1-3H3,(H,33,34)/t29-,30+,31-,32+/m1/s1. The molecule has 0 aromatic heterocycles. The van der Waals surface area contributed by atoms with E-state index in [0.29, 0.717) is 0 Å². The van der Waals surface area contributed by atoms with Crippen LogP contribution in [0.1, 0.15) is 69.7 Å². The van der Waals surface area contributed by atoms with Gasteiger partial charge in [-0.15, -0.1) is 0 Å². The molecule has 1 aliphatic rings. The Morgan fingerprint density at radius 1 is 0.618 bits per heavy atom. The topological polar surface area (TPSA) is 29.1 Å². The summed E-state index contributed by atoms with van der Waals surface area (Å²) in [6, 6.07) is 37.1. The van der Waals surface area contributed by atoms with Crippen molar-refractivity contribution in [1.29, 1.82) is 0 Å². The quantitative estimate of drug-likeness (QED) is 0.354. The fraction of sp³-hybridized carbons (Fsp3) is 0.219. The van der Waals surface area contributed by atoms with E-state index in [1.165, 1.54) is 38.9 Å². The summed E-state index contributed by atoms with van der Waals surface area (Å²) in [6.07, 6.45) is 0. The highest BCUT2D eigenvalue weighted by Gasteiger charge is 2.45. The second kappa shape index (κ2) is 9.30. The van der Waals surface area contributed by atoms with E-state index in [4.69, 9.17) is 0 Å². The molecule has 34 heavy (non-hydrogen) atoms. The second-order valence-corrected chi connectivity index (χ2v) is 9.57. The van der Waals surface area contributed by atoms with E-state index in [1.807, 2.05) is 0 Å². The Morgan fingerprint density at radius 2 is 1.18 bits per heavy atom. The summed E-state index contributed by atoms with van der Waals surface area (Å²) >= 11 is 0. The third-order valence-electron chi connectivity index (χ3n) is 7.18. The molecule has 4 aromatic carbocycles. The first-order valence-corrected chi connectivity index (χ1v) is 12.1. The third-order valence-corrected chi connectivity index (χ3v) is 7.18. The van der Waals surface area contributed by atoms with Crippen LogP contribution < -0.4 is 5.32 Å². The highest BCUT2D eigenvalue weighted by Crippen LogP contribution is 2.57. The summed E-state index contributed by atoms with van der Waals surface area (Å²) in [5.74, 6) is 0.428. The Bertz CT molecular complexity index is 1280. The number of rotatable bonds is 4. The zero-order valence-corrected chi connectivity index (χ0v) is 20.0. The summed E-state index contributed by atoms with van der Waals surface area (Å²) in [7, 11) is 0. The molecule has 4 aromatic rings. The summed E-state index contributed by atoms with van der Waals surface area (Å²) in [6.45, 7) is 5.91. The molecule has 0 heterocycles. The molecule has 0 unspecified atom stereocenters. The Morgan fingerprint density at radius 3 is 1.76 bits per heavy atom. The van der Waals surface area contributed by atoms with Crippen molar-refractivity contribution in [3.05, 3.63) is 142 Å². The predicted molar refractivity (Wildman–Crippen MR) is 139 cm³/mol. The van der Waals surface area contributed by atoms with Crippen molar-refractivity contribution in [3.8, 4) is 0 Å². The van der Waals surface area contributed by atoms with Gasteiger partial charge in [0.15, 0.2) is 0 Å². The molecule has 4 atom stereocenters. The van der Waals surface area contributed by atoms with Gasteiger partial charge in [-0.3, -0.25) is 4.79 Å². The predicted octanol–water partition coefficient (Wildman–Crippen LogP) is 7.19. The number of benzene rings is 4. The Balaban J connectivity index is 1.83. The molecule has 1 N–H and O–H groups in total. The minimum atomic E-state index is -0.109. The molecule has 0 radical (unpaired) electrons. The molecule has 0 fully saturated rings. The molecule has 5 rings (SSSR count). The molecule has 1 amide bonds. The average molecular weight is 446 g/mol. The largest absolute Gasteiger partial charge is 0.349 e. The van der Waals surface area contributed by atoms with E-state index in [2.05, 4.69) is 122 Å². The fourth-order valence-corrected chi connectivity index (χ4v) is 5.75. The second-order valence-electron chi connectivity index (χ2n) is 9.57. The normalized spacial score (nSPS) is 21.5. The van der Waals surface area contributed by atoms with Gasteiger partial charge in [0.2, 0.25) is 5.91 Å². The number of carbonyl (C=O) groups is 1. The summed E-state index contributed by atoms with van der Waals surface area (Å²) < 4.78 is 0. The molecule has 1 aliphatic carbocycles. The minimum absolute atomic E-state index is 0.00180. The molecule has 0 aliphatic heterocycles. The lowest BCUT2D eigenvalue weighted by atomic mass is 9.60. The molecule has 2 nitrogen and oxygen atoms in total. The van der Waals surface area contributed by atoms with Crippen molar-refractivity contribution in [2.45, 2.75) is 44.6 Å². The highest BCUT2D eigenvalue weighted by atomic mass is 16.1. The first kappa shape index (κ1) is 22.2. The van der Waals surface area contributed by atoms with Gasteiger partial charge in [-0.25, -0.2) is 0 Å². The molecule has 2 heteroatoms. The van der Waals surface area contributed by atoms with E-state index >= 15 is 0 Å². The first-order chi connectivity index (χ1) is 16.5. The maximum absolute atomic E-state index is 12.5. The number of hydrogen-bond donors (Lipinski definition) is 1. The molecule has 0 spiro atoms. The number of amides is 1. The van der Waals surface area contributed by atoms with Crippen LogP contribution in [0.25, 0.3) is 0 Å². The molecule has 0 saturated heterocycles. The van der Waals surface area contributed by atoms with Crippen molar-refractivity contribution in [2.24, 2.45) is 0 Å². The number of nitrogens with one attached hydrogen (secondary N) is 1. The Hall–Kier alpha value is -3.65. The number of fused-ring (bicyclic) bond motifs is 1. The van der Waals surface area contributed by atoms with Crippen molar-refractivity contribution in [1.82, 2.24) is 5.32 Å². The molecule has 170 valence electrons. The summed E-state index contributed by atoms with van der Waals surface area (Å²) in [4.78, 5) is 12.5. The van der Waals surface area contributed by atoms with Crippen LogP contribution in [-0.2, 0) is 4.79 Å². The van der Waals surface area contributed by atoms with Crippen LogP contribution >= 0.6 is 0 Å². The molecule has 0 saturated carbocycles. The van der Waals surface area contributed by atoms with Gasteiger partial charge in [-0.05, 0) is 41.7 Å². The van der Waals surface area contributed by atoms with Gasteiger partial charge < -0.3 is 5.32 Å². The number of hydrogen-bond acceptors (Lipinski definition) is 1. The molecular formula is C32H31NO. The Kier molecular flexibility index (Phi) is 6.06. The van der Waals surface area contributed by atoms with Crippen LogP contribution in [0.4, 0.5) is 0 Å². The lowest BCUT2D eigenvalue weighted by Crippen LogP contribution is -2.39. The van der Waals surface area contributed by atoms with E-state index in [9.17, 15) is 4.79 Å². The van der Waals surface area contributed by atoms with Crippen LogP contribution in [0.5, 0.6) is 0 Å². The summed E-state index contributed by atoms with van der Waals surface area (Å²) in [5, 5.41) is 3.35. The number of aryl methyl sites for hydroxylation is 2. The zero-order chi connectivity index (χ0) is 23.7. The number of carbonyl (C=O) groups excluding carboxylic acids is 1. The molecule has 0 bridgehead atoms. The smallest absolute Gasteiger partial charge is 0.217 e. The van der Waals surface area contributed by atoms with Gasteiger partial charge in [0.25, 0.3) is 0 Å². The monoisotopic (exact) mass is 445 g/mol. The lowest BCUT2D eigenvalue weighted by Gasteiger charge is -2.46. The van der Waals surface area contributed by atoms with Crippen molar-refractivity contribution in [2.75, 3.05) is 0 Å². The Labute approximate surface area is 202 Å². The maximum atomic E-state index is 12.5. The maximum Gasteiger partial charge on any atom is 0.217 e. The van der Waals surface area contributed by atoms with Crippen molar-refractivity contribution in [3.63, 3.8) is 0 Å². The van der Waals surface area contributed by atoms with Gasteiger partial charge >= 0.3 is 0 Å². The SMILES string of the molecule is CC(=O)N[C@H]1c2ccc(C)cc2[C@@H](c2ccc(C)cc2)[C@H](c2ccccc2)[C@H]1c1ccccc1. The average Bonchev–Trinajstić information content (AvgIpc) is 2.85. The van der Waals surface area contributed by atoms with Crippen molar-refractivity contribution < 1.29 is 4.79 Å². The van der Waals surface area contributed by atoms with Gasteiger partial charge in [-0.1, -0.05) is 114 Å². The molecular weight excluding hydrogens is 414 g/mol. The fourth-order valence-electron chi connectivity index (χ4n) is 5.75. The van der Waals surface area contributed by atoms with Crippen LogP contribution in [-0.4, -0.2) is 5.91 Å². The lowest BCUT2D eigenvalue weighted by molar-refractivity contribution is -0.120. The van der Waals surface area contributed by atoms with Crippen LogP contribution in [0, 0.1) is 13.8 Å². The van der Waals surface area contributed by atoms with Crippen molar-refractivity contribution >= 4 is 5.91 Å². The van der Waals surface area contributed by atoms with E-state index in [1.54, 1.807) is 6.92 Å². The van der Waals surface area contributed by atoms with Crippen LogP contribution in [0.15, 0.2) is 103 Å². The van der Waals surface area contributed by atoms with Gasteiger partial charge in [-0.2, -0.15) is 0 Å². The third kappa shape index (κ3) is 4.17. The minimum Gasteiger partial charge on any atom is -0.349 e. The van der Waals surface area contributed by atoms with Crippen LogP contribution in [0.2, 0.25) is 0 Å². The van der Waals surface area contributed by atoms with E-state index in [0.717, 1.165) is 0 Å². The van der Waals surface area contributed by atoms with Gasteiger partial charge in [0.05, 0.1) is 6.04 Å². The van der Waals surface area contributed by atoms with Gasteiger partial charge in [0.1, 0.15) is 0 Å². The van der Waals surface area contributed by atoms with Crippen LogP contribution in [0.3, 0.4) is 0 Å². The highest BCUT2D eigenvalue weighted by molar-refractivity contribution is 5.74. The van der Waals surface area contributed by atoms with Gasteiger partial charge in [0, 0.05) is 24.7 Å². The van der Waals surface area contributed by atoms with E-state index in [-0.39, 0.29) is 29.7 Å².